The zero-order valence-corrected chi connectivity index (χ0v) is 28.6. The molecule has 0 fully saturated rings. The molecule has 232 valence electrons. The van der Waals surface area contributed by atoms with E-state index in [0.717, 1.165) is 64.6 Å². The third-order valence-corrected chi connectivity index (χ3v) is 10.8. The molecule has 0 aliphatic carbocycles. The van der Waals surface area contributed by atoms with Crippen LogP contribution in [0, 0.1) is 0 Å². The van der Waals surface area contributed by atoms with Crippen LogP contribution in [-0.2, 0) is 21.7 Å². The first-order valence-electron chi connectivity index (χ1n) is 16.1. The number of phenolic OH excluding ortho intramolecular Hbond substituents is 2. The summed E-state index contributed by atoms with van der Waals surface area (Å²) < 4.78 is 0. The Balaban J connectivity index is 2.22. The minimum atomic E-state index is -0.248. The lowest BCUT2D eigenvalue weighted by molar-refractivity contribution is 0.425. The number of rotatable bonds is 10. The molecule has 3 aromatic carbocycles. The maximum absolute atomic E-state index is 12.1. The molecule has 0 aliphatic rings. The molecule has 0 unspecified atom stereocenters. The van der Waals surface area contributed by atoms with Crippen molar-refractivity contribution in [3.63, 3.8) is 0 Å². The summed E-state index contributed by atoms with van der Waals surface area (Å²) in [4.78, 5) is 0. The predicted octanol–water partition coefficient (Wildman–Crippen LogP) is 10.5. The number of aromatic nitrogens is 3. The van der Waals surface area contributed by atoms with Crippen LogP contribution in [0.3, 0.4) is 0 Å². The van der Waals surface area contributed by atoms with Crippen molar-refractivity contribution in [2.45, 2.75) is 130 Å². The summed E-state index contributed by atoms with van der Waals surface area (Å²) in [5.41, 5.74) is 8.10. The quantitative estimate of drug-likeness (QED) is 0.173. The van der Waals surface area contributed by atoms with E-state index in [1.807, 2.05) is 12.1 Å². The maximum atomic E-state index is 12.1. The average Bonchev–Trinajstić information content (AvgIpc) is 3.45. The smallest absolute Gasteiger partial charge is 0.127 e. The van der Waals surface area contributed by atoms with Gasteiger partial charge in [-0.2, -0.15) is 0 Å². The van der Waals surface area contributed by atoms with Crippen LogP contribution in [0.15, 0.2) is 36.4 Å². The van der Waals surface area contributed by atoms with Crippen LogP contribution >= 0.6 is 0 Å². The van der Waals surface area contributed by atoms with Gasteiger partial charge in [0.25, 0.3) is 0 Å². The zero-order chi connectivity index (χ0) is 32.1. The fraction of sp³-hybridized carbons (Fsp3) is 0.526. The summed E-state index contributed by atoms with van der Waals surface area (Å²) in [6.07, 6.45) is 3.68. The number of H-pyrrole nitrogens is 1. The van der Waals surface area contributed by atoms with E-state index in [2.05, 4.69) is 123 Å². The molecule has 1 heterocycles. The molecular weight excluding hydrogens is 530 g/mol. The molecular formula is C38H53N3O2. The van der Waals surface area contributed by atoms with E-state index in [-0.39, 0.29) is 33.2 Å². The number of fused-ring (bicyclic) bond motifs is 1. The second-order valence-corrected chi connectivity index (χ2v) is 15.0. The maximum Gasteiger partial charge on any atom is 0.127 e. The number of nitrogens with zero attached hydrogens (tertiary/aromatic N) is 2. The summed E-state index contributed by atoms with van der Waals surface area (Å²) in [6, 6.07) is 12.7. The van der Waals surface area contributed by atoms with Gasteiger partial charge in [-0.25, -0.2) is 0 Å². The van der Waals surface area contributed by atoms with E-state index in [0.29, 0.717) is 5.52 Å². The Morgan fingerprint density at radius 2 is 1.02 bits per heavy atom. The first kappa shape index (κ1) is 32.6. The van der Waals surface area contributed by atoms with Gasteiger partial charge in [0.05, 0.1) is 5.52 Å². The Bertz CT molecular complexity index is 1640. The van der Waals surface area contributed by atoms with Crippen LogP contribution in [0.2, 0.25) is 0 Å². The Labute approximate surface area is 259 Å². The van der Waals surface area contributed by atoms with Gasteiger partial charge in [-0.3, -0.25) is 5.10 Å². The number of phenols is 2. The van der Waals surface area contributed by atoms with E-state index < -0.39 is 0 Å². The molecule has 0 aliphatic heterocycles. The van der Waals surface area contributed by atoms with E-state index >= 15 is 0 Å². The van der Waals surface area contributed by atoms with Gasteiger partial charge in [-0.1, -0.05) is 106 Å². The first-order chi connectivity index (χ1) is 20.0. The average molecular weight is 584 g/mol. The van der Waals surface area contributed by atoms with Crippen molar-refractivity contribution in [2.75, 3.05) is 0 Å². The van der Waals surface area contributed by atoms with Crippen molar-refractivity contribution in [3.8, 4) is 33.8 Å². The molecule has 5 heteroatoms. The van der Waals surface area contributed by atoms with Gasteiger partial charge < -0.3 is 10.2 Å². The van der Waals surface area contributed by atoms with Crippen LogP contribution in [0.1, 0.15) is 131 Å². The number of benzene rings is 3. The second-order valence-electron chi connectivity index (χ2n) is 15.0. The highest BCUT2D eigenvalue weighted by atomic mass is 16.3. The van der Waals surface area contributed by atoms with Gasteiger partial charge in [-0.05, 0) is 82.2 Å². The molecule has 0 amide bonds. The van der Waals surface area contributed by atoms with Gasteiger partial charge in [0.1, 0.15) is 17.0 Å². The standard InChI is InChI=1S/C38H53N3O2/c1-13-35(5,6)23-19-26(33(42)28(21-23)37(9,10)15-3)25-17-18-30-32(40-41-39-30)31(25)27-20-24(36(7,8)14-2)22-29(34(27)43)38(11,12)16-4/h17-22,42-43H,13-16H2,1-12H3,(H,39,40,41). The molecule has 0 saturated heterocycles. The van der Waals surface area contributed by atoms with Gasteiger partial charge in [0.15, 0.2) is 0 Å². The molecule has 43 heavy (non-hydrogen) atoms. The SMILES string of the molecule is CCC(C)(C)c1cc(-c2ccc3[nH]nnc3c2-c2cc(C(C)(C)CC)cc(C(C)(C)CC)c2O)c(O)c(C(C)(C)CC)c1. The predicted molar refractivity (Wildman–Crippen MR) is 181 cm³/mol. The lowest BCUT2D eigenvalue weighted by Crippen LogP contribution is -2.21. The van der Waals surface area contributed by atoms with E-state index in [1.165, 1.54) is 11.1 Å². The summed E-state index contributed by atoms with van der Waals surface area (Å²) >= 11 is 0. The summed E-state index contributed by atoms with van der Waals surface area (Å²) in [5.74, 6) is 0.545. The lowest BCUT2D eigenvalue weighted by Gasteiger charge is -2.32. The molecule has 0 bridgehead atoms. The van der Waals surface area contributed by atoms with Gasteiger partial charge in [-0.15, -0.1) is 5.10 Å². The van der Waals surface area contributed by atoms with Gasteiger partial charge >= 0.3 is 0 Å². The Morgan fingerprint density at radius 1 is 0.581 bits per heavy atom. The van der Waals surface area contributed by atoms with E-state index in [1.54, 1.807) is 0 Å². The third-order valence-electron chi connectivity index (χ3n) is 10.8. The number of aromatic amines is 1. The number of hydrogen-bond donors (Lipinski definition) is 3. The summed E-state index contributed by atoms with van der Waals surface area (Å²) in [7, 11) is 0. The zero-order valence-electron chi connectivity index (χ0n) is 28.6. The van der Waals surface area contributed by atoms with Crippen molar-refractivity contribution in [1.29, 1.82) is 0 Å². The van der Waals surface area contributed by atoms with Crippen LogP contribution in [-0.4, -0.2) is 25.6 Å². The number of hydrogen-bond acceptors (Lipinski definition) is 4. The van der Waals surface area contributed by atoms with Crippen molar-refractivity contribution < 1.29 is 10.2 Å². The summed E-state index contributed by atoms with van der Waals surface area (Å²) in [5, 5.41) is 36.0. The highest BCUT2D eigenvalue weighted by Gasteiger charge is 2.33. The Morgan fingerprint density at radius 3 is 1.49 bits per heavy atom. The fourth-order valence-electron chi connectivity index (χ4n) is 5.68. The van der Waals surface area contributed by atoms with Crippen LogP contribution in [0.25, 0.3) is 33.3 Å². The number of aromatic hydroxyl groups is 2. The van der Waals surface area contributed by atoms with Crippen molar-refractivity contribution in [3.05, 3.63) is 58.7 Å². The van der Waals surface area contributed by atoms with Crippen LogP contribution in [0.4, 0.5) is 0 Å². The van der Waals surface area contributed by atoms with Crippen LogP contribution in [0.5, 0.6) is 11.5 Å². The molecule has 0 spiro atoms. The molecule has 0 radical (unpaired) electrons. The van der Waals surface area contributed by atoms with Gasteiger partial charge in [0, 0.05) is 27.8 Å². The highest BCUT2D eigenvalue weighted by molar-refractivity contribution is 6.03. The first-order valence-corrected chi connectivity index (χ1v) is 16.1. The van der Waals surface area contributed by atoms with Crippen molar-refractivity contribution in [2.24, 2.45) is 0 Å². The molecule has 4 rings (SSSR count). The molecule has 0 atom stereocenters. The fourth-order valence-corrected chi connectivity index (χ4v) is 5.68. The van der Waals surface area contributed by atoms with Crippen molar-refractivity contribution in [1.82, 2.24) is 15.4 Å². The minimum Gasteiger partial charge on any atom is -0.507 e. The molecule has 0 saturated carbocycles. The summed E-state index contributed by atoms with van der Waals surface area (Å²) in [6.45, 7) is 26.5. The van der Waals surface area contributed by atoms with E-state index in [9.17, 15) is 10.2 Å². The largest absolute Gasteiger partial charge is 0.507 e. The van der Waals surface area contributed by atoms with Gasteiger partial charge in [0.2, 0.25) is 0 Å². The van der Waals surface area contributed by atoms with Crippen LogP contribution < -0.4 is 0 Å². The second kappa shape index (κ2) is 11.3. The van der Waals surface area contributed by atoms with E-state index in [4.69, 9.17) is 0 Å². The Kier molecular flexibility index (Phi) is 8.56. The highest BCUT2D eigenvalue weighted by Crippen LogP contribution is 2.51. The number of nitrogens with one attached hydrogen (secondary N) is 1. The molecule has 3 N–H and O–H groups in total. The molecule has 5 nitrogen and oxygen atoms in total. The topological polar surface area (TPSA) is 82.0 Å². The third kappa shape index (κ3) is 5.68. The lowest BCUT2D eigenvalue weighted by atomic mass is 9.73. The monoisotopic (exact) mass is 583 g/mol. The molecule has 1 aromatic heterocycles. The molecule has 4 aromatic rings. The Hall–Kier alpha value is -3.34. The normalized spacial score (nSPS) is 13.2. The minimum absolute atomic E-state index is 0.0926. The van der Waals surface area contributed by atoms with Crippen molar-refractivity contribution >= 4 is 11.0 Å².